The number of hydrogen-bond acceptors (Lipinski definition) is 4. The van der Waals surface area contributed by atoms with Gasteiger partial charge < -0.3 is 14.9 Å². The van der Waals surface area contributed by atoms with Gasteiger partial charge in [-0.3, -0.25) is 14.5 Å². The van der Waals surface area contributed by atoms with Crippen LogP contribution < -0.4 is 4.90 Å². The van der Waals surface area contributed by atoms with Crippen molar-refractivity contribution in [2.45, 2.75) is 70.0 Å². The fourth-order valence-electron chi connectivity index (χ4n) is 5.70. The molecule has 3 aliphatic rings. The fourth-order valence-corrected chi connectivity index (χ4v) is 5.87. The Balaban J connectivity index is 1.41. The van der Waals surface area contributed by atoms with Crippen LogP contribution in [0, 0.1) is 5.92 Å². The normalized spacial score (nSPS) is 25.7. The molecule has 1 N–H and O–H groups in total. The van der Waals surface area contributed by atoms with Crippen molar-refractivity contribution in [3.8, 4) is 0 Å². The smallest absolute Gasteiger partial charge is 0.306 e. The van der Waals surface area contributed by atoms with Crippen LogP contribution in [0.15, 0.2) is 18.2 Å². The topological polar surface area (TPSA) is 64.1 Å². The van der Waals surface area contributed by atoms with E-state index in [0.29, 0.717) is 50.6 Å². The van der Waals surface area contributed by atoms with E-state index in [1.165, 1.54) is 5.56 Å². The molecule has 3 saturated heterocycles. The van der Waals surface area contributed by atoms with E-state index in [9.17, 15) is 14.7 Å². The van der Waals surface area contributed by atoms with Crippen LogP contribution >= 0.6 is 11.6 Å². The van der Waals surface area contributed by atoms with Crippen LogP contribution in [-0.2, 0) is 9.59 Å². The molecule has 1 aromatic carbocycles. The molecule has 0 spiro atoms. The summed E-state index contributed by atoms with van der Waals surface area (Å²) in [5, 5.41) is 9.98. The van der Waals surface area contributed by atoms with Gasteiger partial charge in [-0.1, -0.05) is 17.7 Å². The zero-order chi connectivity index (χ0) is 24.7. The highest BCUT2D eigenvalue weighted by Crippen LogP contribution is 2.39. The number of benzene rings is 1. The number of aliphatic carboxylic acids is 1. The van der Waals surface area contributed by atoms with E-state index in [0.717, 1.165) is 18.5 Å². The molecule has 8 heteroatoms. The van der Waals surface area contributed by atoms with Crippen molar-refractivity contribution in [3.63, 3.8) is 0 Å². The lowest BCUT2D eigenvalue weighted by Crippen LogP contribution is -2.51. The van der Waals surface area contributed by atoms with Gasteiger partial charge >= 0.3 is 5.97 Å². The highest BCUT2D eigenvalue weighted by Gasteiger charge is 2.49. The second kappa shape index (κ2) is 9.65. The molecule has 0 radical (unpaired) electrons. The number of carbonyl (C=O) groups excluding carboxylic acids is 1. The van der Waals surface area contributed by atoms with Crippen LogP contribution in [0.3, 0.4) is 0 Å². The van der Waals surface area contributed by atoms with Gasteiger partial charge in [-0.15, -0.1) is 0 Å². The Morgan fingerprint density at radius 1 is 1.06 bits per heavy atom. The molecular formula is C26H37ClFN3O3. The van der Waals surface area contributed by atoms with Crippen molar-refractivity contribution in [1.82, 2.24) is 9.80 Å². The average molecular weight is 494 g/mol. The Morgan fingerprint density at radius 3 is 2.26 bits per heavy atom. The summed E-state index contributed by atoms with van der Waals surface area (Å²) >= 11 is 6.33. The third kappa shape index (κ3) is 5.20. The maximum Gasteiger partial charge on any atom is 0.306 e. The molecule has 188 valence electrons. The summed E-state index contributed by atoms with van der Waals surface area (Å²) < 4.78 is 15.6. The van der Waals surface area contributed by atoms with E-state index in [4.69, 9.17) is 11.6 Å². The Bertz CT molecular complexity index is 920. The van der Waals surface area contributed by atoms with Crippen LogP contribution in [0.2, 0.25) is 5.02 Å². The maximum absolute atomic E-state index is 15.6. The summed E-state index contributed by atoms with van der Waals surface area (Å²) in [6.07, 6.45) is 3.07. The zero-order valence-electron chi connectivity index (χ0n) is 20.5. The van der Waals surface area contributed by atoms with Crippen LogP contribution in [0.5, 0.6) is 0 Å². The van der Waals surface area contributed by atoms with Crippen molar-refractivity contribution in [3.05, 3.63) is 28.8 Å². The molecule has 4 rings (SSSR count). The van der Waals surface area contributed by atoms with E-state index >= 15 is 4.39 Å². The molecule has 6 nitrogen and oxygen atoms in total. The predicted molar refractivity (Wildman–Crippen MR) is 132 cm³/mol. The number of carboxylic acid groups (broad SMARTS) is 1. The molecule has 34 heavy (non-hydrogen) atoms. The minimum Gasteiger partial charge on any atom is -0.481 e. The second-order valence-corrected chi connectivity index (χ2v) is 11.6. The SMILES string of the molecule is CC(C)(C)N1CC[C@](F)(C(=O)N2CCC(c3ccc(Cl)cc3N3CCC(C(=O)O)CC3)CC2)C1. The lowest BCUT2D eigenvalue weighted by molar-refractivity contribution is -0.144. The number of likely N-dealkylation sites (tertiary alicyclic amines) is 2. The Labute approximate surface area is 207 Å². The molecule has 0 aliphatic carbocycles. The first-order chi connectivity index (χ1) is 16.0. The number of rotatable bonds is 4. The minimum absolute atomic E-state index is 0.148. The lowest BCUT2D eigenvalue weighted by atomic mass is 9.86. The van der Waals surface area contributed by atoms with E-state index in [-0.39, 0.29) is 36.2 Å². The van der Waals surface area contributed by atoms with Gasteiger partial charge in [0.2, 0.25) is 5.67 Å². The van der Waals surface area contributed by atoms with Crippen molar-refractivity contribution in [2.75, 3.05) is 44.2 Å². The van der Waals surface area contributed by atoms with Crippen molar-refractivity contribution in [1.29, 1.82) is 0 Å². The molecule has 3 heterocycles. The first-order valence-electron chi connectivity index (χ1n) is 12.5. The molecular weight excluding hydrogens is 457 g/mol. The number of carboxylic acids is 1. The number of piperidine rings is 2. The van der Waals surface area contributed by atoms with E-state index in [1.807, 2.05) is 12.1 Å². The number of nitrogens with zero attached hydrogens (tertiary/aromatic N) is 3. The van der Waals surface area contributed by atoms with E-state index < -0.39 is 11.6 Å². The predicted octanol–water partition coefficient (Wildman–Crippen LogP) is 4.56. The lowest BCUT2D eigenvalue weighted by Gasteiger charge is -2.39. The Morgan fingerprint density at radius 2 is 1.71 bits per heavy atom. The molecule has 3 fully saturated rings. The van der Waals surface area contributed by atoms with Crippen LogP contribution in [0.25, 0.3) is 0 Å². The van der Waals surface area contributed by atoms with Gasteiger partial charge in [0.25, 0.3) is 5.91 Å². The first-order valence-corrected chi connectivity index (χ1v) is 12.9. The summed E-state index contributed by atoms with van der Waals surface area (Å²) in [5.41, 5.74) is 0.324. The minimum atomic E-state index is -1.79. The summed E-state index contributed by atoms with van der Waals surface area (Å²) in [5.74, 6) is -1.10. The monoisotopic (exact) mass is 493 g/mol. The second-order valence-electron chi connectivity index (χ2n) is 11.2. The van der Waals surface area contributed by atoms with Crippen LogP contribution in [-0.4, -0.2) is 77.3 Å². The standard InChI is InChI=1S/C26H37ClFN3O3/c1-25(2,3)31-15-10-26(28,17-31)24(34)30-13-6-18(7-14-30)21-5-4-20(27)16-22(21)29-11-8-19(9-12-29)23(32)33/h4-5,16,18-19H,6-15,17H2,1-3H3,(H,32,33)/t26-/m1/s1. The molecule has 0 unspecified atom stereocenters. The summed E-state index contributed by atoms with van der Waals surface area (Å²) in [7, 11) is 0. The number of alkyl halides is 1. The number of halogens is 2. The molecule has 0 aromatic heterocycles. The Kier molecular flexibility index (Phi) is 7.16. The number of hydrogen-bond donors (Lipinski definition) is 1. The zero-order valence-corrected chi connectivity index (χ0v) is 21.3. The average Bonchev–Trinajstić information content (AvgIpc) is 3.23. The van der Waals surface area contributed by atoms with Gasteiger partial charge in [-0.2, -0.15) is 0 Å². The fraction of sp³-hybridized carbons (Fsp3) is 0.692. The quantitative estimate of drug-likeness (QED) is 0.666. The third-order valence-electron chi connectivity index (χ3n) is 7.95. The summed E-state index contributed by atoms with van der Waals surface area (Å²) in [6, 6.07) is 5.95. The number of carbonyl (C=O) groups is 2. The highest BCUT2D eigenvalue weighted by atomic mass is 35.5. The molecule has 1 amide bonds. The van der Waals surface area contributed by atoms with E-state index in [1.54, 1.807) is 4.90 Å². The molecule has 1 aromatic rings. The van der Waals surface area contributed by atoms with Gasteiger partial charge in [0.05, 0.1) is 5.92 Å². The highest BCUT2D eigenvalue weighted by molar-refractivity contribution is 6.30. The molecule has 3 aliphatic heterocycles. The molecule has 0 saturated carbocycles. The van der Waals surface area contributed by atoms with Crippen LogP contribution in [0.4, 0.5) is 10.1 Å². The third-order valence-corrected chi connectivity index (χ3v) is 8.19. The van der Waals surface area contributed by atoms with Crippen molar-refractivity contribution in [2.24, 2.45) is 5.92 Å². The molecule has 1 atom stereocenters. The van der Waals surface area contributed by atoms with Crippen LogP contribution in [0.1, 0.15) is 64.4 Å². The van der Waals surface area contributed by atoms with Crippen molar-refractivity contribution < 1.29 is 19.1 Å². The molecule has 0 bridgehead atoms. The van der Waals surface area contributed by atoms with Gasteiger partial charge in [0.15, 0.2) is 0 Å². The summed E-state index contributed by atoms with van der Waals surface area (Å²) in [4.78, 5) is 30.5. The summed E-state index contributed by atoms with van der Waals surface area (Å²) in [6.45, 7) is 9.43. The Hall–Kier alpha value is -1.86. The van der Waals surface area contributed by atoms with Crippen molar-refractivity contribution >= 4 is 29.2 Å². The van der Waals surface area contributed by atoms with Gasteiger partial charge in [-0.25, -0.2) is 4.39 Å². The maximum atomic E-state index is 15.6. The number of anilines is 1. The van der Waals surface area contributed by atoms with Gasteiger partial charge in [0.1, 0.15) is 0 Å². The number of amides is 1. The van der Waals surface area contributed by atoms with E-state index in [2.05, 4.69) is 36.6 Å². The largest absolute Gasteiger partial charge is 0.481 e. The van der Waals surface area contributed by atoms with Gasteiger partial charge in [-0.05, 0) is 70.1 Å². The van der Waals surface area contributed by atoms with Gasteiger partial charge in [0, 0.05) is 61.9 Å². The first kappa shape index (κ1) is 25.2.